The van der Waals surface area contributed by atoms with Crippen LogP contribution in [0.1, 0.15) is 17.5 Å². The van der Waals surface area contributed by atoms with Crippen molar-refractivity contribution in [2.24, 2.45) is 5.73 Å². The molecule has 0 atom stereocenters. The van der Waals surface area contributed by atoms with E-state index in [1.807, 2.05) is 6.26 Å². The fraction of sp³-hybridized carbons (Fsp3) is 0.500. The molecule has 0 saturated carbocycles. The number of benzene rings is 1. The van der Waals surface area contributed by atoms with Crippen LogP contribution in [0.2, 0.25) is 0 Å². The third-order valence-electron chi connectivity index (χ3n) is 2.34. The van der Waals surface area contributed by atoms with Gasteiger partial charge in [-0.1, -0.05) is 6.07 Å². The molecule has 1 aromatic carbocycles. The first-order valence-electron chi connectivity index (χ1n) is 5.51. The van der Waals surface area contributed by atoms with Gasteiger partial charge in [0.15, 0.2) is 0 Å². The lowest BCUT2D eigenvalue weighted by atomic mass is 10.1. The summed E-state index contributed by atoms with van der Waals surface area (Å²) in [5.74, 6) is 0.739. The first-order valence-corrected chi connectivity index (χ1v) is 6.90. The predicted octanol–water partition coefficient (Wildman–Crippen LogP) is 3.30. The van der Waals surface area contributed by atoms with Crippen molar-refractivity contribution in [3.05, 3.63) is 29.3 Å². The van der Waals surface area contributed by atoms with Crippen LogP contribution in [0.3, 0.4) is 0 Å². The SMILES string of the molecule is CSCCCOc1ccc(CN)cc1C(F)(F)F. The molecule has 0 unspecified atom stereocenters. The van der Waals surface area contributed by atoms with Gasteiger partial charge in [0, 0.05) is 6.54 Å². The molecule has 0 aliphatic carbocycles. The maximum Gasteiger partial charge on any atom is 0.419 e. The lowest BCUT2D eigenvalue weighted by molar-refractivity contribution is -0.139. The summed E-state index contributed by atoms with van der Waals surface area (Å²) in [5, 5.41) is 0. The molecule has 0 radical (unpaired) electrons. The normalized spacial score (nSPS) is 11.6. The van der Waals surface area contributed by atoms with Crippen molar-refractivity contribution in [2.45, 2.75) is 19.1 Å². The summed E-state index contributed by atoms with van der Waals surface area (Å²) in [6.45, 7) is 0.363. The van der Waals surface area contributed by atoms with Gasteiger partial charge in [-0.25, -0.2) is 0 Å². The number of halogens is 3. The molecular weight excluding hydrogens is 263 g/mol. The highest BCUT2D eigenvalue weighted by molar-refractivity contribution is 7.98. The Morgan fingerprint density at radius 1 is 1.33 bits per heavy atom. The van der Waals surface area contributed by atoms with Gasteiger partial charge in [-0.05, 0) is 36.1 Å². The highest BCUT2D eigenvalue weighted by Crippen LogP contribution is 2.36. The van der Waals surface area contributed by atoms with Crippen LogP contribution in [0, 0.1) is 0 Å². The number of hydrogen-bond donors (Lipinski definition) is 1. The molecule has 0 amide bonds. The highest BCUT2D eigenvalue weighted by atomic mass is 32.2. The third-order valence-corrected chi connectivity index (χ3v) is 3.03. The van der Waals surface area contributed by atoms with Gasteiger partial charge in [-0.3, -0.25) is 0 Å². The molecule has 2 N–H and O–H groups in total. The smallest absolute Gasteiger partial charge is 0.419 e. The Kier molecular flexibility index (Phi) is 5.81. The van der Waals surface area contributed by atoms with E-state index < -0.39 is 11.7 Å². The molecule has 102 valence electrons. The Morgan fingerprint density at radius 2 is 2.06 bits per heavy atom. The lowest BCUT2D eigenvalue weighted by Gasteiger charge is -2.15. The van der Waals surface area contributed by atoms with Crippen LogP contribution in [0.4, 0.5) is 13.2 Å². The van der Waals surface area contributed by atoms with Crippen LogP contribution in [0.15, 0.2) is 18.2 Å². The van der Waals surface area contributed by atoms with Crippen LogP contribution in [-0.4, -0.2) is 18.6 Å². The highest BCUT2D eigenvalue weighted by Gasteiger charge is 2.34. The molecule has 6 heteroatoms. The maximum absolute atomic E-state index is 12.8. The van der Waals surface area contributed by atoms with Gasteiger partial charge in [0.25, 0.3) is 0 Å². The number of ether oxygens (including phenoxy) is 1. The van der Waals surface area contributed by atoms with Crippen LogP contribution in [0.5, 0.6) is 5.75 Å². The van der Waals surface area contributed by atoms with Gasteiger partial charge in [0.05, 0.1) is 12.2 Å². The molecule has 0 spiro atoms. The summed E-state index contributed by atoms with van der Waals surface area (Å²) in [6.07, 6.45) is -1.76. The molecule has 0 fully saturated rings. The van der Waals surface area contributed by atoms with Gasteiger partial charge >= 0.3 is 6.18 Å². The minimum Gasteiger partial charge on any atom is -0.493 e. The number of nitrogens with two attached hydrogens (primary N) is 1. The van der Waals surface area contributed by atoms with E-state index in [4.69, 9.17) is 10.5 Å². The summed E-state index contributed by atoms with van der Waals surface area (Å²) >= 11 is 1.63. The zero-order valence-electron chi connectivity index (χ0n) is 10.1. The Morgan fingerprint density at radius 3 is 2.61 bits per heavy atom. The minimum absolute atomic E-state index is 0.0792. The van der Waals surface area contributed by atoms with E-state index in [0.29, 0.717) is 5.56 Å². The second-order valence-electron chi connectivity index (χ2n) is 3.73. The van der Waals surface area contributed by atoms with Gasteiger partial charge in [0.1, 0.15) is 5.75 Å². The third kappa shape index (κ3) is 4.42. The second kappa shape index (κ2) is 6.89. The number of rotatable bonds is 6. The fourth-order valence-electron chi connectivity index (χ4n) is 1.44. The molecule has 0 aliphatic rings. The van der Waals surface area contributed by atoms with E-state index in [9.17, 15) is 13.2 Å². The zero-order valence-corrected chi connectivity index (χ0v) is 10.9. The summed E-state index contributed by atoms with van der Waals surface area (Å²) in [7, 11) is 0. The van der Waals surface area contributed by atoms with E-state index in [2.05, 4.69) is 0 Å². The summed E-state index contributed by atoms with van der Waals surface area (Å²) in [4.78, 5) is 0. The van der Waals surface area contributed by atoms with E-state index in [0.717, 1.165) is 18.2 Å². The molecule has 0 aromatic heterocycles. The van der Waals surface area contributed by atoms with Crippen molar-refractivity contribution in [1.29, 1.82) is 0 Å². The van der Waals surface area contributed by atoms with Crippen LogP contribution in [0.25, 0.3) is 0 Å². The topological polar surface area (TPSA) is 35.2 Å². The number of hydrogen-bond acceptors (Lipinski definition) is 3. The minimum atomic E-state index is -4.42. The van der Waals surface area contributed by atoms with Crippen LogP contribution >= 0.6 is 11.8 Å². The average Bonchev–Trinajstić information content (AvgIpc) is 2.33. The molecule has 2 nitrogen and oxygen atoms in total. The standard InChI is InChI=1S/C12H16F3NOS/c1-18-6-2-5-17-11-4-3-9(8-16)7-10(11)12(13,14)15/h3-4,7H,2,5-6,8,16H2,1H3. The summed E-state index contributed by atoms with van der Waals surface area (Å²) < 4.78 is 43.6. The van der Waals surface area contributed by atoms with E-state index >= 15 is 0 Å². The average molecular weight is 279 g/mol. The molecule has 0 bridgehead atoms. The van der Waals surface area contributed by atoms with E-state index in [-0.39, 0.29) is 18.9 Å². The molecular formula is C12H16F3NOS. The molecule has 1 aromatic rings. The van der Waals surface area contributed by atoms with E-state index in [1.54, 1.807) is 17.8 Å². The van der Waals surface area contributed by atoms with Crippen LogP contribution in [-0.2, 0) is 12.7 Å². The summed E-state index contributed by atoms with van der Waals surface area (Å²) in [5.41, 5.74) is 5.03. The largest absolute Gasteiger partial charge is 0.493 e. The van der Waals surface area contributed by atoms with Crippen molar-refractivity contribution in [1.82, 2.24) is 0 Å². The van der Waals surface area contributed by atoms with Crippen molar-refractivity contribution in [3.63, 3.8) is 0 Å². The predicted molar refractivity (Wildman–Crippen MR) is 67.8 cm³/mol. The quantitative estimate of drug-likeness (QED) is 0.812. The molecule has 0 heterocycles. The second-order valence-corrected chi connectivity index (χ2v) is 4.71. The lowest BCUT2D eigenvalue weighted by Crippen LogP contribution is -2.11. The van der Waals surface area contributed by atoms with Crippen molar-refractivity contribution in [2.75, 3.05) is 18.6 Å². The molecule has 18 heavy (non-hydrogen) atoms. The Labute approximate surface area is 109 Å². The molecule has 0 aliphatic heterocycles. The van der Waals surface area contributed by atoms with Gasteiger partial charge < -0.3 is 10.5 Å². The molecule has 0 saturated heterocycles. The Balaban J connectivity index is 2.82. The van der Waals surface area contributed by atoms with Gasteiger partial charge in [-0.15, -0.1) is 0 Å². The van der Waals surface area contributed by atoms with Crippen molar-refractivity contribution in [3.8, 4) is 5.75 Å². The summed E-state index contributed by atoms with van der Waals surface area (Å²) in [6, 6.07) is 3.94. The number of thioether (sulfide) groups is 1. The number of alkyl halides is 3. The van der Waals surface area contributed by atoms with Gasteiger partial charge in [-0.2, -0.15) is 24.9 Å². The van der Waals surface area contributed by atoms with Crippen LogP contribution < -0.4 is 10.5 Å². The Hall–Kier alpha value is -0.880. The van der Waals surface area contributed by atoms with E-state index in [1.165, 1.54) is 6.07 Å². The first-order chi connectivity index (χ1) is 8.49. The van der Waals surface area contributed by atoms with Crippen molar-refractivity contribution < 1.29 is 17.9 Å². The fourth-order valence-corrected chi connectivity index (χ4v) is 1.84. The monoisotopic (exact) mass is 279 g/mol. The zero-order chi connectivity index (χ0) is 13.6. The Bertz CT molecular complexity index is 382. The first kappa shape index (κ1) is 15.2. The maximum atomic E-state index is 12.8. The van der Waals surface area contributed by atoms with Crippen molar-refractivity contribution >= 4 is 11.8 Å². The van der Waals surface area contributed by atoms with Gasteiger partial charge in [0.2, 0.25) is 0 Å². The molecule has 1 rings (SSSR count).